The third-order valence-corrected chi connectivity index (χ3v) is 10.8. The molecule has 0 saturated carbocycles. The predicted octanol–water partition coefficient (Wildman–Crippen LogP) is 4.21. The standard InChI is InChI=1S/C18H36O3Si/c1-10-11-16(8)18(19)17(12-20-9)21-22(13(2)3,14(4)5)15(6)7/h13-19H,12H2,1-9H3/t16-,17+,18+/m1/s1. The van der Waals surface area contributed by atoms with Crippen LogP contribution in [0.15, 0.2) is 0 Å². The molecule has 22 heavy (non-hydrogen) atoms. The second kappa shape index (κ2) is 9.72. The summed E-state index contributed by atoms with van der Waals surface area (Å²) in [4.78, 5) is 0. The molecule has 0 spiro atoms. The Kier molecular flexibility index (Phi) is 9.57. The van der Waals surface area contributed by atoms with Crippen molar-refractivity contribution in [2.75, 3.05) is 13.7 Å². The zero-order chi connectivity index (χ0) is 17.5. The van der Waals surface area contributed by atoms with Crippen LogP contribution in [-0.4, -0.2) is 39.3 Å². The van der Waals surface area contributed by atoms with Crippen LogP contribution in [0.25, 0.3) is 0 Å². The summed E-state index contributed by atoms with van der Waals surface area (Å²) in [5.74, 6) is 5.80. The van der Waals surface area contributed by atoms with Crippen LogP contribution in [0, 0.1) is 17.8 Å². The van der Waals surface area contributed by atoms with Crippen molar-refractivity contribution < 1.29 is 14.3 Å². The molecule has 3 atom stereocenters. The zero-order valence-electron chi connectivity index (χ0n) is 15.9. The number of hydrogen-bond donors (Lipinski definition) is 1. The minimum Gasteiger partial charge on any atom is -0.408 e. The van der Waals surface area contributed by atoms with E-state index in [1.54, 1.807) is 14.0 Å². The van der Waals surface area contributed by atoms with Crippen LogP contribution >= 0.6 is 0 Å². The molecule has 0 aromatic heterocycles. The highest BCUT2D eigenvalue weighted by Gasteiger charge is 2.47. The maximum atomic E-state index is 10.7. The largest absolute Gasteiger partial charge is 0.408 e. The fourth-order valence-corrected chi connectivity index (χ4v) is 9.22. The molecule has 0 aliphatic heterocycles. The first-order chi connectivity index (χ1) is 10.1. The number of rotatable bonds is 9. The lowest BCUT2D eigenvalue weighted by Crippen LogP contribution is -2.54. The van der Waals surface area contributed by atoms with Crippen LogP contribution in [0.1, 0.15) is 55.4 Å². The van der Waals surface area contributed by atoms with E-state index in [0.717, 1.165) is 0 Å². The monoisotopic (exact) mass is 328 g/mol. The first kappa shape index (κ1) is 21.7. The Balaban J connectivity index is 5.52. The van der Waals surface area contributed by atoms with E-state index in [2.05, 4.69) is 53.4 Å². The van der Waals surface area contributed by atoms with E-state index < -0.39 is 14.4 Å². The van der Waals surface area contributed by atoms with Crippen molar-refractivity contribution in [2.45, 2.75) is 84.2 Å². The van der Waals surface area contributed by atoms with Crippen LogP contribution in [0.4, 0.5) is 0 Å². The Morgan fingerprint density at radius 3 is 1.73 bits per heavy atom. The molecule has 0 aromatic rings. The van der Waals surface area contributed by atoms with Crippen LogP contribution in [-0.2, 0) is 9.16 Å². The highest BCUT2D eigenvalue weighted by molar-refractivity contribution is 6.77. The van der Waals surface area contributed by atoms with Gasteiger partial charge in [-0.3, -0.25) is 0 Å². The van der Waals surface area contributed by atoms with Crippen molar-refractivity contribution in [3.05, 3.63) is 0 Å². The van der Waals surface area contributed by atoms with Crippen LogP contribution in [0.2, 0.25) is 16.6 Å². The van der Waals surface area contributed by atoms with E-state index in [1.807, 2.05) is 6.92 Å². The van der Waals surface area contributed by atoms with Crippen molar-refractivity contribution >= 4 is 8.32 Å². The normalized spacial score (nSPS) is 16.6. The summed E-state index contributed by atoms with van der Waals surface area (Å²) in [5, 5.41) is 10.7. The van der Waals surface area contributed by atoms with Crippen LogP contribution in [0.3, 0.4) is 0 Å². The van der Waals surface area contributed by atoms with E-state index in [0.29, 0.717) is 23.2 Å². The lowest BCUT2D eigenvalue weighted by molar-refractivity contribution is -0.0334. The van der Waals surface area contributed by atoms with Crippen molar-refractivity contribution in [1.29, 1.82) is 0 Å². The zero-order valence-corrected chi connectivity index (χ0v) is 16.9. The molecule has 0 aromatic carbocycles. The highest BCUT2D eigenvalue weighted by atomic mass is 28.4. The summed E-state index contributed by atoms with van der Waals surface area (Å²) in [6.07, 6.45) is -0.949. The van der Waals surface area contributed by atoms with E-state index in [-0.39, 0.29) is 12.0 Å². The van der Waals surface area contributed by atoms with E-state index in [4.69, 9.17) is 9.16 Å². The molecular formula is C18H36O3Si. The van der Waals surface area contributed by atoms with Gasteiger partial charge in [0.25, 0.3) is 0 Å². The quantitative estimate of drug-likeness (QED) is 0.509. The van der Waals surface area contributed by atoms with Crippen LogP contribution < -0.4 is 0 Å². The summed E-state index contributed by atoms with van der Waals surface area (Å²) in [5.41, 5.74) is 1.44. The molecule has 1 N–H and O–H groups in total. The van der Waals surface area contributed by atoms with Crippen molar-refractivity contribution in [2.24, 2.45) is 5.92 Å². The molecular weight excluding hydrogens is 292 g/mol. The predicted molar refractivity (Wildman–Crippen MR) is 96.4 cm³/mol. The van der Waals surface area contributed by atoms with Gasteiger partial charge in [0, 0.05) is 13.0 Å². The summed E-state index contributed by atoms with van der Waals surface area (Å²) in [7, 11) is -0.392. The maximum Gasteiger partial charge on any atom is 0.201 e. The molecule has 0 radical (unpaired) electrons. The first-order valence-electron chi connectivity index (χ1n) is 8.42. The average Bonchev–Trinajstić information content (AvgIpc) is 2.41. The van der Waals surface area contributed by atoms with Gasteiger partial charge in [-0.2, -0.15) is 0 Å². The molecule has 130 valence electrons. The molecule has 0 aliphatic rings. The van der Waals surface area contributed by atoms with Crippen molar-refractivity contribution in [3.63, 3.8) is 0 Å². The lowest BCUT2D eigenvalue weighted by atomic mass is 10.0. The number of aliphatic hydroxyl groups excluding tert-OH is 1. The second-order valence-corrected chi connectivity index (χ2v) is 12.5. The minimum atomic E-state index is -2.05. The minimum absolute atomic E-state index is 0.122. The molecule has 0 rings (SSSR count). The maximum absolute atomic E-state index is 10.7. The van der Waals surface area contributed by atoms with Gasteiger partial charge in [0.1, 0.15) is 0 Å². The molecule has 0 unspecified atom stereocenters. The Labute approximate surface area is 138 Å². The topological polar surface area (TPSA) is 38.7 Å². The van der Waals surface area contributed by atoms with E-state index in [9.17, 15) is 5.11 Å². The van der Waals surface area contributed by atoms with Crippen molar-refractivity contribution in [3.8, 4) is 11.8 Å². The van der Waals surface area contributed by atoms with Gasteiger partial charge in [-0.15, -0.1) is 5.92 Å². The van der Waals surface area contributed by atoms with Gasteiger partial charge in [-0.05, 0) is 30.5 Å². The van der Waals surface area contributed by atoms with Gasteiger partial charge < -0.3 is 14.3 Å². The van der Waals surface area contributed by atoms with E-state index in [1.165, 1.54) is 0 Å². The van der Waals surface area contributed by atoms with Gasteiger partial charge in [-0.1, -0.05) is 47.5 Å². The summed E-state index contributed by atoms with van der Waals surface area (Å²) in [6.45, 7) is 17.6. The molecule has 0 saturated heterocycles. The molecule has 0 heterocycles. The van der Waals surface area contributed by atoms with Gasteiger partial charge in [0.05, 0.1) is 18.8 Å². The molecule has 0 bridgehead atoms. The number of hydrogen-bond acceptors (Lipinski definition) is 3. The van der Waals surface area contributed by atoms with Crippen molar-refractivity contribution in [1.82, 2.24) is 0 Å². The summed E-state index contributed by atoms with van der Waals surface area (Å²) >= 11 is 0. The fraction of sp³-hybridized carbons (Fsp3) is 0.889. The third kappa shape index (κ3) is 5.09. The molecule has 0 fully saturated rings. The van der Waals surface area contributed by atoms with Gasteiger partial charge in [-0.25, -0.2) is 0 Å². The summed E-state index contributed by atoms with van der Waals surface area (Å²) < 4.78 is 12.0. The lowest BCUT2D eigenvalue weighted by Gasteiger charge is -2.45. The fourth-order valence-electron chi connectivity index (χ4n) is 3.67. The van der Waals surface area contributed by atoms with Gasteiger partial charge in [0.15, 0.2) is 0 Å². The van der Waals surface area contributed by atoms with Crippen LogP contribution in [0.5, 0.6) is 0 Å². The van der Waals surface area contributed by atoms with Gasteiger partial charge in [0.2, 0.25) is 8.32 Å². The average molecular weight is 329 g/mol. The Hall–Kier alpha value is -0.343. The SMILES string of the molecule is CC#C[C@@H](C)[C@H](O)[C@H](COC)O[Si](C(C)C)(C(C)C)C(C)C. The smallest absolute Gasteiger partial charge is 0.201 e. The molecule has 3 nitrogen and oxygen atoms in total. The van der Waals surface area contributed by atoms with Gasteiger partial charge >= 0.3 is 0 Å². The number of ether oxygens (including phenoxy) is 1. The molecule has 4 heteroatoms. The summed E-state index contributed by atoms with van der Waals surface area (Å²) in [6, 6.07) is 0. The Morgan fingerprint density at radius 1 is 0.955 bits per heavy atom. The Bertz CT molecular complexity index is 346. The highest BCUT2D eigenvalue weighted by Crippen LogP contribution is 2.43. The first-order valence-corrected chi connectivity index (χ1v) is 10.6. The second-order valence-electron chi connectivity index (χ2n) is 7.10. The van der Waals surface area contributed by atoms with E-state index >= 15 is 0 Å². The number of methoxy groups -OCH3 is 1. The number of aliphatic hydroxyl groups is 1. The molecule has 0 amide bonds. The molecule has 0 aliphatic carbocycles. The third-order valence-electron chi connectivity index (χ3n) is 4.66. The Morgan fingerprint density at radius 2 is 1.41 bits per heavy atom.